The van der Waals surface area contributed by atoms with Gasteiger partial charge in [-0.15, -0.1) is 11.3 Å². The van der Waals surface area contributed by atoms with Crippen LogP contribution in [0.2, 0.25) is 0 Å². The van der Waals surface area contributed by atoms with Gasteiger partial charge in [-0.3, -0.25) is 20.4 Å². The van der Waals surface area contributed by atoms with Crippen LogP contribution in [-0.4, -0.2) is 50.3 Å². The molecule has 1 unspecified atom stereocenters. The number of piperidine rings is 1. The van der Waals surface area contributed by atoms with E-state index in [1.165, 1.54) is 15.6 Å². The molecule has 3 heterocycles. The maximum atomic E-state index is 12.6. The van der Waals surface area contributed by atoms with Crippen molar-refractivity contribution in [2.45, 2.75) is 23.2 Å². The summed E-state index contributed by atoms with van der Waals surface area (Å²) in [7, 11) is -3.51. The van der Waals surface area contributed by atoms with Crippen molar-refractivity contribution in [3.05, 3.63) is 41.8 Å². The van der Waals surface area contributed by atoms with Crippen LogP contribution in [0.25, 0.3) is 0 Å². The first-order chi connectivity index (χ1) is 14.4. The summed E-state index contributed by atoms with van der Waals surface area (Å²) in [6.07, 6.45) is -0.121. The average Bonchev–Trinajstić information content (AvgIpc) is 3.33. The first kappa shape index (κ1) is 20.6. The number of hydrazine groups is 1. The number of carbonyl (C=O) groups excluding carboxylic acids is 2. The van der Waals surface area contributed by atoms with Crippen molar-refractivity contribution in [1.29, 1.82) is 0 Å². The summed E-state index contributed by atoms with van der Waals surface area (Å²) in [4.78, 5) is 24.7. The Labute approximate surface area is 178 Å². The number of para-hydroxylation sites is 2. The molecule has 2 amide bonds. The Kier molecular flexibility index (Phi) is 5.93. The summed E-state index contributed by atoms with van der Waals surface area (Å²) in [6.45, 7) is 0.545. The quantitative estimate of drug-likeness (QED) is 0.674. The number of benzene rings is 1. The maximum absolute atomic E-state index is 12.6. The average molecular weight is 452 g/mol. The predicted octanol–water partition coefficient (Wildman–Crippen LogP) is 1.14. The van der Waals surface area contributed by atoms with Crippen LogP contribution in [0.3, 0.4) is 0 Å². The zero-order valence-corrected chi connectivity index (χ0v) is 17.6. The number of hydrogen-bond acceptors (Lipinski definition) is 7. The summed E-state index contributed by atoms with van der Waals surface area (Å²) in [5, 5.41) is 1.72. The molecule has 2 aliphatic heterocycles. The fourth-order valence-corrected chi connectivity index (χ4v) is 5.96. The molecular formula is C19H21N3O6S2. The Morgan fingerprint density at radius 1 is 1.00 bits per heavy atom. The zero-order valence-electron chi connectivity index (χ0n) is 15.9. The number of carbonyl (C=O) groups is 2. The lowest BCUT2D eigenvalue weighted by molar-refractivity contribution is -0.136. The Balaban J connectivity index is 1.25. The lowest BCUT2D eigenvalue weighted by Crippen LogP contribution is -2.53. The van der Waals surface area contributed by atoms with E-state index < -0.39 is 22.0 Å². The Bertz CT molecular complexity index is 1020. The topological polar surface area (TPSA) is 114 Å². The lowest BCUT2D eigenvalue weighted by atomic mass is 9.98. The van der Waals surface area contributed by atoms with Crippen molar-refractivity contribution in [2.75, 3.05) is 19.7 Å². The minimum absolute atomic E-state index is 0.0394. The third-order valence-electron chi connectivity index (χ3n) is 5.02. The van der Waals surface area contributed by atoms with Crippen LogP contribution in [0.4, 0.5) is 0 Å². The molecule has 1 saturated heterocycles. The van der Waals surface area contributed by atoms with Gasteiger partial charge in [-0.25, -0.2) is 8.42 Å². The first-order valence-corrected chi connectivity index (χ1v) is 11.8. The number of rotatable bonds is 4. The van der Waals surface area contributed by atoms with E-state index in [4.69, 9.17) is 9.47 Å². The van der Waals surface area contributed by atoms with Crippen LogP contribution in [-0.2, 0) is 19.6 Å². The van der Waals surface area contributed by atoms with Gasteiger partial charge >= 0.3 is 0 Å². The number of thiophene rings is 1. The van der Waals surface area contributed by atoms with E-state index in [0.717, 1.165) is 0 Å². The van der Waals surface area contributed by atoms with Crippen LogP contribution >= 0.6 is 11.3 Å². The number of ether oxygens (including phenoxy) is 2. The van der Waals surface area contributed by atoms with E-state index in [-0.39, 0.29) is 31.5 Å². The second-order valence-electron chi connectivity index (χ2n) is 6.95. The number of nitrogens with zero attached hydrogens (tertiary/aromatic N) is 1. The molecule has 4 rings (SSSR count). The number of amides is 2. The van der Waals surface area contributed by atoms with Crippen LogP contribution in [0.5, 0.6) is 11.5 Å². The summed E-state index contributed by atoms with van der Waals surface area (Å²) < 4.78 is 37.9. The van der Waals surface area contributed by atoms with Gasteiger partial charge in [0, 0.05) is 19.0 Å². The molecule has 1 fully saturated rings. The molecule has 9 nitrogen and oxygen atoms in total. The van der Waals surface area contributed by atoms with Crippen molar-refractivity contribution in [2.24, 2.45) is 5.92 Å². The van der Waals surface area contributed by atoms with Gasteiger partial charge in [0.15, 0.2) is 11.5 Å². The Morgan fingerprint density at radius 3 is 2.40 bits per heavy atom. The molecule has 2 aliphatic rings. The highest BCUT2D eigenvalue weighted by molar-refractivity contribution is 7.91. The molecule has 0 saturated carbocycles. The van der Waals surface area contributed by atoms with E-state index in [2.05, 4.69) is 10.9 Å². The number of hydrogen-bond donors (Lipinski definition) is 2. The molecule has 1 aromatic heterocycles. The highest BCUT2D eigenvalue weighted by atomic mass is 32.2. The molecule has 2 N–H and O–H groups in total. The molecule has 1 aromatic carbocycles. The molecule has 0 bridgehead atoms. The van der Waals surface area contributed by atoms with E-state index in [1.807, 2.05) is 0 Å². The molecular weight excluding hydrogens is 430 g/mol. The summed E-state index contributed by atoms with van der Waals surface area (Å²) in [6, 6.07) is 10.3. The normalized spacial score (nSPS) is 19.8. The minimum atomic E-state index is -3.51. The number of nitrogens with one attached hydrogen (secondary N) is 2. The van der Waals surface area contributed by atoms with Gasteiger partial charge in [0.25, 0.3) is 15.9 Å². The molecule has 160 valence electrons. The smallest absolute Gasteiger partial charge is 0.283 e. The van der Waals surface area contributed by atoms with Crippen LogP contribution in [0, 0.1) is 5.92 Å². The van der Waals surface area contributed by atoms with Gasteiger partial charge in [-0.1, -0.05) is 18.2 Å². The highest BCUT2D eigenvalue weighted by Gasteiger charge is 2.33. The fourth-order valence-electron chi connectivity index (χ4n) is 3.35. The first-order valence-electron chi connectivity index (χ1n) is 9.47. The monoisotopic (exact) mass is 451 g/mol. The van der Waals surface area contributed by atoms with Crippen molar-refractivity contribution in [3.63, 3.8) is 0 Å². The van der Waals surface area contributed by atoms with E-state index in [0.29, 0.717) is 28.5 Å². The van der Waals surface area contributed by atoms with E-state index in [1.54, 1.807) is 41.8 Å². The van der Waals surface area contributed by atoms with Gasteiger partial charge in [0.1, 0.15) is 10.8 Å². The van der Waals surface area contributed by atoms with E-state index in [9.17, 15) is 18.0 Å². The third-order valence-corrected chi connectivity index (χ3v) is 8.30. The van der Waals surface area contributed by atoms with Crippen LogP contribution < -0.4 is 20.3 Å². The van der Waals surface area contributed by atoms with E-state index >= 15 is 0 Å². The third kappa shape index (κ3) is 4.27. The van der Waals surface area contributed by atoms with Crippen LogP contribution in [0.15, 0.2) is 46.0 Å². The van der Waals surface area contributed by atoms with Crippen molar-refractivity contribution >= 4 is 33.2 Å². The maximum Gasteiger partial charge on any atom is 0.283 e. The highest BCUT2D eigenvalue weighted by Crippen LogP contribution is 2.31. The Hall–Kier alpha value is -2.63. The minimum Gasteiger partial charge on any atom is -0.485 e. The SMILES string of the molecule is O=C(NNC(=O)C1COc2ccccc2O1)C1CCN(S(=O)(=O)c2cccs2)CC1. The molecule has 2 aromatic rings. The van der Waals surface area contributed by atoms with Crippen molar-refractivity contribution in [1.82, 2.24) is 15.2 Å². The number of fused-ring (bicyclic) bond motifs is 1. The zero-order chi connectivity index (χ0) is 21.1. The predicted molar refractivity (Wildman–Crippen MR) is 108 cm³/mol. The lowest BCUT2D eigenvalue weighted by Gasteiger charge is -2.30. The van der Waals surface area contributed by atoms with Crippen molar-refractivity contribution < 1.29 is 27.5 Å². The van der Waals surface area contributed by atoms with Gasteiger partial charge in [-0.05, 0) is 36.4 Å². The van der Waals surface area contributed by atoms with Gasteiger partial charge in [0.2, 0.25) is 12.0 Å². The standard InChI is InChI=1S/C19H21N3O6S2/c23-18(13-7-9-22(10-8-13)30(25,26)17-6-3-11-29-17)20-21-19(24)16-12-27-14-4-1-2-5-15(14)28-16/h1-6,11,13,16H,7-10,12H2,(H,20,23)(H,21,24). The van der Waals surface area contributed by atoms with Gasteiger partial charge in [0.05, 0.1) is 0 Å². The second kappa shape index (κ2) is 8.62. The van der Waals surface area contributed by atoms with Gasteiger partial charge < -0.3 is 9.47 Å². The molecule has 0 spiro atoms. The summed E-state index contributed by atoms with van der Waals surface area (Å²) in [5.41, 5.74) is 4.79. The molecule has 0 aliphatic carbocycles. The molecule has 11 heteroatoms. The van der Waals surface area contributed by atoms with Crippen LogP contribution in [0.1, 0.15) is 12.8 Å². The Morgan fingerprint density at radius 2 is 1.70 bits per heavy atom. The summed E-state index contributed by atoms with van der Waals surface area (Å²) >= 11 is 1.17. The molecule has 0 radical (unpaired) electrons. The fraction of sp³-hybridized carbons (Fsp3) is 0.368. The molecule has 1 atom stereocenters. The van der Waals surface area contributed by atoms with Crippen molar-refractivity contribution in [3.8, 4) is 11.5 Å². The molecule has 30 heavy (non-hydrogen) atoms. The van der Waals surface area contributed by atoms with Gasteiger partial charge in [-0.2, -0.15) is 4.31 Å². The largest absolute Gasteiger partial charge is 0.485 e. The second-order valence-corrected chi connectivity index (χ2v) is 10.1. The number of sulfonamides is 1. The summed E-state index contributed by atoms with van der Waals surface area (Å²) in [5.74, 6) is -0.224.